The lowest BCUT2D eigenvalue weighted by atomic mass is 10.2. The molecule has 3 aromatic carbocycles. The molecule has 0 fully saturated rings. The topological polar surface area (TPSA) is 107 Å². The van der Waals surface area contributed by atoms with E-state index in [1.807, 2.05) is 60.0 Å². The van der Waals surface area contributed by atoms with Crippen molar-refractivity contribution in [2.45, 2.75) is 25.6 Å². The summed E-state index contributed by atoms with van der Waals surface area (Å²) in [5, 5.41) is 14.8. The van der Waals surface area contributed by atoms with Crippen LogP contribution in [0.1, 0.15) is 18.3 Å². The number of anilines is 2. The predicted octanol–water partition coefficient (Wildman–Crippen LogP) is 4.85. The highest BCUT2D eigenvalue weighted by atomic mass is 32.2. The van der Waals surface area contributed by atoms with E-state index in [1.165, 1.54) is 18.7 Å². The molecule has 37 heavy (non-hydrogen) atoms. The van der Waals surface area contributed by atoms with E-state index < -0.39 is 0 Å². The van der Waals surface area contributed by atoms with Crippen LogP contribution < -0.4 is 20.1 Å². The van der Waals surface area contributed by atoms with Gasteiger partial charge in [0.1, 0.15) is 18.1 Å². The standard InChI is InChI=1S/C27H27N5O4S/c1-18-4-12-24(13-5-18)36-16-25-30-31-27(32(25)22-10-14-23(35-3)15-11-22)37-17-26(34)29-21-8-6-20(7-9-21)28-19(2)33/h4-15H,16-17H2,1-3H3,(H,28,33)(H,29,34). The summed E-state index contributed by atoms with van der Waals surface area (Å²) in [6.45, 7) is 3.66. The van der Waals surface area contributed by atoms with E-state index in [-0.39, 0.29) is 24.2 Å². The van der Waals surface area contributed by atoms with Crippen LogP contribution in [0.3, 0.4) is 0 Å². The molecule has 0 atom stereocenters. The number of aryl methyl sites for hydroxylation is 1. The first-order valence-electron chi connectivity index (χ1n) is 11.5. The Morgan fingerprint density at radius 3 is 2.11 bits per heavy atom. The number of benzene rings is 3. The normalized spacial score (nSPS) is 10.6. The van der Waals surface area contributed by atoms with Crippen LogP contribution in [0.2, 0.25) is 0 Å². The summed E-state index contributed by atoms with van der Waals surface area (Å²) in [4.78, 5) is 23.8. The summed E-state index contributed by atoms with van der Waals surface area (Å²) in [6, 6.07) is 22.2. The molecule has 190 valence electrons. The van der Waals surface area contributed by atoms with Crippen molar-refractivity contribution >= 4 is 35.0 Å². The molecule has 10 heteroatoms. The fraction of sp³-hybridized carbons (Fsp3) is 0.185. The van der Waals surface area contributed by atoms with Gasteiger partial charge in [0.05, 0.1) is 12.9 Å². The molecule has 9 nitrogen and oxygen atoms in total. The number of carbonyl (C=O) groups excluding carboxylic acids is 2. The SMILES string of the molecule is COc1ccc(-n2c(COc3ccc(C)cc3)nnc2SCC(=O)Nc2ccc(NC(C)=O)cc2)cc1. The molecule has 2 amide bonds. The minimum absolute atomic E-state index is 0.126. The zero-order chi connectivity index (χ0) is 26.2. The second-order valence-electron chi connectivity index (χ2n) is 8.13. The van der Waals surface area contributed by atoms with Gasteiger partial charge in [0.15, 0.2) is 11.0 Å². The van der Waals surface area contributed by atoms with Gasteiger partial charge in [-0.1, -0.05) is 29.5 Å². The summed E-state index contributed by atoms with van der Waals surface area (Å²) in [6.07, 6.45) is 0. The molecule has 0 saturated heterocycles. The third kappa shape index (κ3) is 7.11. The number of hydrogen-bond donors (Lipinski definition) is 2. The van der Waals surface area contributed by atoms with Gasteiger partial charge in [-0.2, -0.15) is 0 Å². The number of methoxy groups -OCH3 is 1. The van der Waals surface area contributed by atoms with Crippen molar-refractivity contribution in [3.05, 3.63) is 84.2 Å². The number of nitrogens with one attached hydrogen (secondary N) is 2. The first-order valence-corrected chi connectivity index (χ1v) is 12.5. The van der Waals surface area contributed by atoms with E-state index in [9.17, 15) is 9.59 Å². The molecule has 0 aliphatic rings. The van der Waals surface area contributed by atoms with Gasteiger partial charge in [-0.15, -0.1) is 10.2 Å². The lowest BCUT2D eigenvalue weighted by Crippen LogP contribution is -2.15. The van der Waals surface area contributed by atoms with Gasteiger partial charge < -0.3 is 20.1 Å². The number of hydrogen-bond acceptors (Lipinski definition) is 7. The minimum atomic E-state index is -0.195. The maximum Gasteiger partial charge on any atom is 0.234 e. The van der Waals surface area contributed by atoms with Crippen molar-refractivity contribution < 1.29 is 19.1 Å². The Hall–Kier alpha value is -4.31. The van der Waals surface area contributed by atoms with Crippen LogP contribution in [0.4, 0.5) is 11.4 Å². The number of carbonyl (C=O) groups is 2. The molecular weight excluding hydrogens is 490 g/mol. The van der Waals surface area contributed by atoms with E-state index in [4.69, 9.17) is 9.47 Å². The highest BCUT2D eigenvalue weighted by Crippen LogP contribution is 2.25. The van der Waals surface area contributed by atoms with Crippen molar-refractivity contribution in [2.24, 2.45) is 0 Å². The van der Waals surface area contributed by atoms with Gasteiger partial charge in [-0.05, 0) is 67.6 Å². The highest BCUT2D eigenvalue weighted by Gasteiger charge is 2.17. The summed E-state index contributed by atoms with van der Waals surface area (Å²) in [7, 11) is 1.61. The quantitative estimate of drug-likeness (QED) is 0.290. The molecule has 1 aromatic heterocycles. The lowest BCUT2D eigenvalue weighted by Gasteiger charge is -2.12. The smallest absolute Gasteiger partial charge is 0.234 e. The number of ether oxygens (including phenoxy) is 2. The minimum Gasteiger partial charge on any atom is -0.497 e. The van der Waals surface area contributed by atoms with Crippen molar-refractivity contribution in [2.75, 3.05) is 23.5 Å². The van der Waals surface area contributed by atoms with E-state index in [2.05, 4.69) is 20.8 Å². The van der Waals surface area contributed by atoms with Crippen LogP contribution in [0, 0.1) is 6.92 Å². The predicted molar refractivity (Wildman–Crippen MR) is 144 cm³/mol. The monoisotopic (exact) mass is 517 g/mol. The van der Waals surface area contributed by atoms with E-state index in [0.717, 1.165) is 22.7 Å². The van der Waals surface area contributed by atoms with Crippen molar-refractivity contribution in [1.29, 1.82) is 0 Å². The van der Waals surface area contributed by atoms with Crippen LogP contribution in [0.15, 0.2) is 78.0 Å². The summed E-state index contributed by atoms with van der Waals surface area (Å²) in [5.74, 6) is 1.83. The Labute approximate surface area is 219 Å². The van der Waals surface area contributed by atoms with Crippen molar-refractivity contribution in [1.82, 2.24) is 14.8 Å². The maximum atomic E-state index is 12.6. The van der Waals surface area contributed by atoms with Gasteiger partial charge in [-0.3, -0.25) is 14.2 Å². The average Bonchev–Trinajstić information content (AvgIpc) is 3.31. The third-order valence-corrected chi connectivity index (χ3v) is 6.17. The van der Waals surface area contributed by atoms with Gasteiger partial charge in [0.25, 0.3) is 0 Å². The number of aromatic nitrogens is 3. The van der Waals surface area contributed by atoms with E-state index in [1.54, 1.807) is 31.4 Å². The molecule has 0 spiro atoms. The number of thioether (sulfide) groups is 1. The fourth-order valence-electron chi connectivity index (χ4n) is 3.43. The Kier molecular flexibility index (Phi) is 8.42. The Bertz CT molecular complexity index is 1350. The van der Waals surface area contributed by atoms with Gasteiger partial charge >= 0.3 is 0 Å². The molecule has 1 heterocycles. The van der Waals surface area contributed by atoms with E-state index >= 15 is 0 Å². The number of nitrogens with zero attached hydrogens (tertiary/aromatic N) is 3. The molecule has 0 radical (unpaired) electrons. The first-order chi connectivity index (χ1) is 17.9. The lowest BCUT2D eigenvalue weighted by molar-refractivity contribution is -0.114. The molecule has 0 bridgehead atoms. The molecule has 0 saturated carbocycles. The molecule has 4 rings (SSSR count). The van der Waals surface area contributed by atoms with Crippen LogP contribution in [0.5, 0.6) is 11.5 Å². The number of rotatable bonds is 10. The molecule has 0 unspecified atom stereocenters. The van der Waals surface area contributed by atoms with Crippen molar-refractivity contribution in [3.63, 3.8) is 0 Å². The Morgan fingerprint density at radius 2 is 1.49 bits per heavy atom. The van der Waals surface area contributed by atoms with Crippen LogP contribution in [-0.2, 0) is 16.2 Å². The molecule has 0 aliphatic carbocycles. The Balaban J connectivity index is 1.46. The molecule has 4 aromatic rings. The highest BCUT2D eigenvalue weighted by molar-refractivity contribution is 7.99. The Morgan fingerprint density at radius 1 is 0.865 bits per heavy atom. The zero-order valence-electron chi connectivity index (χ0n) is 20.7. The summed E-state index contributed by atoms with van der Waals surface area (Å²) < 4.78 is 13.1. The molecule has 2 N–H and O–H groups in total. The maximum absolute atomic E-state index is 12.6. The van der Waals surface area contributed by atoms with Crippen LogP contribution in [-0.4, -0.2) is 39.4 Å². The summed E-state index contributed by atoms with van der Waals surface area (Å²) >= 11 is 1.27. The number of amides is 2. The fourth-order valence-corrected chi connectivity index (χ4v) is 4.20. The average molecular weight is 518 g/mol. The largest absolute Gasteiger partial charge is 0.497 e. The third-order valence-electron chi connectivity index (χ3n) is 5.24. The molecular formula is C27H27N5O4S. The van der Waals surface area contributed by atoms with Crippen LogP contribution >= 0.6 is 11.8 Å². The van der Waals surface area contributed by atoms with Crippen LogP contribution in [0.25, 0.3) is 5.69 Å². The summed E-state index contributed by atoms with van der Waals surface area (Å²) in [5.41, 5.74) is 3.26. The second kappa shape index (κ2) is 12.1. The van der Waals surface area contributed by atoms with Gasteiger partial charge in [-0.25, -0.2) is 0 Å². The van der Waals surface area contributed by atoms with Crippen molar-refractivity contribution in [3.8, 4) is 17.2 Å². The first kappa shape index (κ1) is 25.8. The van der Waals surface area contributed by atoms with E-state index in [0.29, 0.717) is 22.4 Å². The van der Waals surface area contributed by atoms with Gasteiger partial charge in [0, 0.05) is 24.0 Å². The second-order valence-corrected chi connectivity index (χ2v) is 9.07. The molecule has 0 aliphatic heterocycles. The zero-order valence-corrected chi connectivity index (χ0v) is 21.5. The van der Waals surface area contributed by atoms with Gasteiger partial charge in [0.2, 0.25) is 11.8 Å².